The molecule has 0 spiro atoms. The lowest BCUT2D eigenvalue weighted by Gasteiger charge is -2.36. The monoisotopic (exact) mass is 437 g/mol. The molecule has 1 aliphatic carbocycles. The number of aryl methyl sites for hydroxylation is 1. The van der Waals surface area contributed by atoms with Gasteiger partial charge in [-0.3, -0.25) is 4.90 Å². The Morgan fingerprint density at radius 2 is 1.94 bits per heavy atom. The van der Waals surface area contributed by atoms with E-state index < -0.39 is 0 Å². The minimum Gasteiger partial charge on any atom is -0.399 e. The average Bonchev–Trinajstić information content (AvgIpc) is 3.45. The van der Waals surface area contributed by atoms with Gasteiger partial charge in [-0.15, -0.1) is 0 Å². The number of anilines is 1. The summed E-state index contributed by atoms with van der Waals surface area (Å²) in [5.74, 6) is 0. The van der Waals surface area contributed by atoms with Gasteiger partial charge in [-0.05, 0) is 84.5 Å². The molecule has 0 atom stereocenters. The van der Waals surface area contributed by atoms with Crippen LogP contribution in [0.25, 0.3) is 17.0 Å². The fraction of sp³-hybridized carbons (Fsp3) is 0.321. The van der Waals surface area contributed by atoms with Gasteiger partial charge in [-0.25, -0.2) is 0 Å². The Morgan fingerprint density at radius 3 is 2.73 bits per heavy atom. The molecule has 3 aromatic rings. The second-order valence-corrected chi connectivity index (χ2v) is 9.23. The predicted octanol–water partition coefficient (Wildman–Crippen LogP) is 4.60. The van der Waals surface area contributed by atoms with Crippen LogP contribution >= 0.6 is 0 Å². The molecule has 0 radical (unpaired) electrons. The third kappa shape index (κ3) is 4.53. The number of piperazine rings is 1. The Kier molecular flexibility index (Phi) is 5.93. The zero-order valence-electron chi connectivity index (χ0n) is 19.1. The minimum absolute atomic E-state index is 0.679. The summed E-state index contributed by atoms with van der Waals surface area (Å²) in [6, 6.07) is 14.9. The van der Waals surface area contributed by atoms with Gasteiger partial charge >= 0.3 is 0 Å². The van der Waals surface area contributed by atoms with Crippen molar-refractivity contribution < 1.29 is 0 Å². The van der Waals surface area contributed by atoms with Gasteiger partial charge in [0, 0.05) is 61.1 Å². The summed E-state index contributed by atoms with van der Waals surface area (Å²) in [7, 11) is 0. The number of unbranched alkanes of at least 4 members (excludes halogenated alkanes) is 1. The van der Waals surface area contributed by atoms with Gasteiger partial charge in [0.15, 0.2) is 0 Å². The zero-order chi connectivity index (χ0) is 22.8. The largest absolute Gasteiger partial charge is 0.399 e. The molecule has 1 aliphatic heterocycles. The van der Waals surface area contributed by atoms with E-state index in [4.69, 9.17) is 11.0 Å². The van der Waals surface area contributed by atoms with Crippen molar-refractivity contribution in [2.75, 3.05) is 37.6 Å². The third-order valence-electron chi connectivity index (χ3n) is 7.06. The van der Waals surface area contributed by atoms with Gasteiger partial charge in [0.1, 0.15) is 0 Å². The van der Waals surface area contributed by atoms with E-state index in [1.54, 1.807) is 0 Å². The predicted molar refractivity (Wildman–Crippen MR) is 136 cm³/mol. The van der Waals surface area contributed by atoms with Crippen molar-refractivity contribution >= 4 is 22.7 Å². The molecule has 33 heavy (non-hydrogen) atoms. The smallest absolute Gasteiger partial charge is 0.0991 e. The Labute approximate surface area is 195 Å². The number of aromatic amines is 1. The van der Waals surface area contributed by atoms with E-state index in [0.717, 1.165) is 68.6 Å². The fourth-order valence-electron chi connectivity index (χ4n) is 5.06. The van der Waals surface area contributed by atoms with Gasteiger partial charge in [-0.1, -0.05) is 12.6 Å². The standard InChI is InChI=1S/C28H31N5/c1-20(30)24-15-22-6-7-26(17-25(22)16-24)33-12-10-32(11-13-33)9-3-2-4-23-19-31-28-8-5-21(18-29)14-27(23)28/h5-8,14,16-17,19,31H,1-4,9-13,15,30H2. The van der Waals surface area contributed by atoms with E-state index in [2.05, 4.69) is 57.9 Å². The summed E-state index contributed by atoms with van der Waals surface area (Å²) in [6.45, 7) is 9.38. The lowest BCUT2D eigenvalue weighted by molar-refractivity contribution is 0.253. The molecule has 5 rings (SSSR count). The van der Waals surface area contributed by atoms with Crippen LogP contribution in [0.4, 0.5) is 5.69 Å². The average molecular weight is 438 g/mol. The minimum atomic E-state index is 0.679. The molecule has 0 amide bonds. The Bertz CT molecular complexity index is 1250. The van der Waals surface area contributed by atoms with Crippen molar-refractivity contribution in [3.8, 4) is 6.07 Å². The number of hydrogen-bond acceptors (Lipinski definition) is 4. The molecule has 168 valence electrons. The number of nitrogens with one attached hydrogen (secondary N) is 1. The summed E-state index contributed by atoms with van der Waals surface area (Å²) < 4.78 is 0. The summed E-state index contributed by atoms with van der Waals surface area (Å²) in [5, 5.41) is 10.4. The van der Waals surface area contributed by atoms with E-state index in [1.807, 2.05) is 18.2 Å². The molecule has 5 heteroatoms. The van der Waals surface area contributed by atoms with Crippen LogP contribution in [0, 0.1) is 11.3 Å². The first-order valence-corrected chi connectivity index (χ1v) is 11.9. The number of nitriles is 1. The number of allylic oxidation sites excluding steroid dienone is 1. The topological polar surface area (TPSA) is 72.1 Å². The van der Waals surface area contributed by atoms with E-state index >= 15 is 0 Å². The van der Waals surface area contributed by atoms with Crippen molar-refractivity contribution in [1.29, 1.82) is 5.26 Å². The number of nitrogens with two attached hydrogens (primary N) is 1. The van der Waals surface area contributed by atoms with Crippen LogP contribution in [0.15, 0.2) is 60.4 Å². The Morgan fingerprint density at radius 1 is 1.09 bits per heavy atom. The highest BCUT2D eigenvalue weighted by Crippen LogP contribution is 2.31. The number of nitrogens with zero attached hydrogens (tertiary/aromatic N) is 3. The lowest BCUT2D eigenvalue weighted by atomic mass is 10.0. The maximum atomic E-state index is 9.17. The van der Waals surface area contributed by atoms with E-state index in [1.165, 1.54) is 34.2 Å². The molecule has 1 saturated heterocycles. The number of rotatable bonds is 7. The third-order valence-corrected chi connectivity index (χ3v) is 7.06. The van der Waals surface area contributed by atoms with Crippen LogP contribution in [-0.2, 0) is 12.8 Å². The molecule has 0 saturated carbocycles. The van der Waals surface area contributed by atoms with Crippen LogP contribution in [0.5, 0.6) is 0 Å². The van der Waals surface area contributed by atoms with Gasteiger partial charge in [0.05, 0.1) is 11.6 Å². The number of aromatic nitrogens is 1. The first-order valence-electron chi connectivity index (χ1n) is 11.9. The van der Waals surface area contributed by atoms with Crippen molar-refractivity contribution in [2.24, 2.45) is 5.73 Å². The highest BCUT2D eigenvalue weighted by molar-refractivity contribution is 5.84. The number of hydrogen-bond donors (Lipinski definition) is 2. The molecule has 3 N–H and O–H groups in total. The van der Waals surface area contributed by atoms with E-state index in [0.29, 0.717) is 5.70 Å². The summed E-state index contributed by atoms with van der Waals surface area (Å²) in [6.07, 6.45) is 8.59. The van der Waals surface area contributed by atoms with Crippen molar-refractivity contribution in [1.82, 2.24) is 9.88 Å². The molecule has 0 unspecified atom stereocenters. The van der Waals surface area contributed by atoms with Gasteiger partial charge < -0.3 is 15.6 Å². The normalized spacial score (nSPS) is 16.0. The molecule has 2 aliphatic rings. The van der Waals surface area contributed by atoms with Crippen LogP contribution in [0.2, 0.25) is 0 Å². The zero-order valence-corrected chi connectivity index (χ0v) is 19.1. The highest BCUT2D eigenvalue weighted by Gasteiger charge is 2.19. The van der Waals surface area contributed by atoms with Crippen LogP contribution in [0.3, 0.4) is 0 Å². The maximum Gasteiger partial charge on any atom is 0.0991 e. The van der Waals surface area contributed by atoms with Gasteiger partial charge in [0.25, 0.3) is 0 Å². The second-order valence-electron chi connectivity index (χ2n) is 9.23. The Hall–Kier alpha value is -3.49. The molecule has 5 nitrogen and oxygen atoms in total. The van der Waals surface area contributed by atoms with Crippen LogP contribution in [0.1, 0.15) is 35.1 Å². The van der Waals surface area contributed by atoms with Crippen molar-refractivity contribution in [3.63, 3.8) is 0 Å². The molecule has 0 bridgehead atoms. The molecule has 2 heterocycles. The molecular formula is C28H31N5. The Balaban J connectivity index is 1.09. The van der Waals surface area contributed by atoms with Crippen LogP contribution in [-0.4, -0.2) is 42.6 Å². The van der Waals surface area contributed by atoms with Crippen molar-refractivity contribution in [3.05, 3.63) is 82.7 Å². The lowest BCUT2D eigenvalue weighted by Crippen LogP contribution is -2.46. The number of H-pyrrole nitrogens is 1. The summed E-state index contributed by atoms with van der Waals surface area (Å²) >= 11 is 0. The maximum absolute atomic E-state index is 9.17. The molecule has 1 aromatic heterocycles. The summed E-state index contributed by atoms with van der Waals surface area (Å²) in [4.78, 5) is 8.42. The first-order chi connectivity index (χ1) is 16.1. The SMILES string of the molecule is C=C(N)C1=Cc2cc(N3CCN(CCCCc4c[nH]c5ccc(C#N)cc45)CC3)ccc2C1. The van der Waals surface area contributed by atoms with E-state index in [9.17, 15) is 0 Å². The van der Waals surface area contributed by atoms with Crippen molar-refractivity contribution in [2.45, 2.75) is 25.7 Å². The number of benzene rings is 2. The molecule has 2 aromatic carbocycles. The van der Waals surface area contributed by atoms with E-state index in [-0.39, 0.29) is 0 Å². The van der Waals surface area contributed by atoms with Crippen LogP contribution < -0.4 is 10.6 Å². The molecule has 1 fully saturated rings. The van der Waals surface area contributed by atoms with Gasteiger partial charge in [0.2, 0.25) is 0 Å². The van der Waals surface area contributed by atoms with Gasteiger partial charge in [-0.2, -0.15) is 5.26 Å². The number of fused-ring (bicyclic) bond motifs is 2. The quantitative estimate of drug-likeness (QED) is 0.530. The molecular weight excluding hydrogens is 406 g/mol. The summed E-state index contributed by atoms with van der Waals surface area (Å²) in [5.41, 5.74) is 14.8. The highest BCUT2D eigenvalue weighted by atomic mass is 15.3. The second kappa shape index (κ2) is 9.17. The fourth-order valence-corrected chi connectivity index (χ4v) is 5.06. The first kappa shape index (κ1) is 21.4.